The minimum Gasteiger partial charge on any atom is -0.497 e. The topological polar surface area (TPSA) is 97.7 Å². The fourth-order valence-electron chi connectivity index (χ4n) is 4.49. The van der Waals surface area contributed by atoms with E-state index in [1.165, 1.54) is 11.1 Å². The Balaban J connectivity index is 1.58. The molecule has 3 rings (SSSR count). The summed E-state index contributed by atoms with van der Waals surface area (Å²) in [5.74, 6) is 0.630. The summed E-state index contributed by atoms with van der Waals surface area (Å²) in [6.45, 7) is 7.22. The Morgan fingerprint density at radius 2 is 1.83 bits per heavy atom. The third-order valence-corrected chi connectivity index (χ3v) is 6.64. The van der Waals surface area contributed by atoms with E-state index in [0.717, 1.165) is 24.2 Å². The van der Waals surface area contributed by atoms with Gasteiger partial charge < -0.3 is 19.9 Å². The van der Waals surface area contributed by atoms with Crippen molar-refractivity contribution in [1.29, 1.82) is 5.26 Å². The molecule has 0 fully saturated rings. The van der Waals surface area contributed by atoms with Crippen molar-refractivity contribution < 1.29 is 14.3 Å². The van der Waals surface area contributed by atoms with Crippen molar-refractivity contribution in [1.82, 2.24) is 15.5 Å². The van der Waals surface area contributed by atoms with Crippen LogP contribution >= 0.6 is 0 Å². The molecular weight excluding hydrogens is 454 g/mol. The minimum absolute atomic E-state index is 0.0274. The van der Waals surface area contributed by atoms with Gasteiger partial charge in [-0.3, -0.25) is 14.9 Å². The third-order valence-electron chi connectivity index (χ3n) is 6.64. The van der Waals surface area contributed by atoms with Crippen LogP contribution in [0.3, 0.4) is 0 Å². The Hall–Kier alpha value is -3.41. The molecule has 2 N–H and O–H groups in total. The van der Waals surface area contributed by atoms with Crippen molar-refractivity contribution >= 4 is 17.5 Å². The van der Waals surface area contributed by atoms with Crippen molar-refractivity contribution in [2.75, 3.05) is 45.2 Å². The lowest BCUT2D eigenvalue weighted by Gasteiger charge is -2.27. The Labute approximate surface area is 214 Å². The van der Waals surface area contributed by atoms with E-state index < -0.39 is 0 Å². The Kier molecular flexibility index (Phi) is 9.45. The molecular formula is C28H37N5O3. The van der Waals surface area contributed by atoms with E-state index in [1.54, 1.807) is 29.0 Å². The summed E-state index contributed by atoms with van der Waals surface area (Å²) >= 11 is 0. The van der Waals surface area contributed by atoms with Crippen LogP contribution in [-0.2, 0) is 22.4 Å². The second-order valence-corrected chi connectivity index (χ2v) is 9.57. The lowest BCUT2D eigenvalue weighted by Crippen LogP contribution is -2.46. The zero-order valence-electron chi connectivity index (χ0n) is 21.9. The summed E-state index contributed by atoms with van der Waals surface area (Å²) in [4.78, 5) is 29.5. The van der Waals surface area contributed by atoms with Gasteiger partial charge in [-0.15, -0.1) is 0 Å². The molecule has 1 unspecified atom stereocenters. The number of likely N-dealkylation sites (N-methyl/N-ethyl adjacent to an activating group) is 1. The van der Waals surface area contributed by atoms with Crippen LogP contribution in [0.25, 0.3) is 0 Å². The summed E-state index contributed by atoms with van der Waals surface area (Å²) in [5, 5.41) is 15.7. The monoisotopic (exact) mass is 491 g/mol. The van der Waals surface area contributed by atoms with Crippen LogP contribution in [0.15, 0.2) is 36.4 Å². The number of hydrogen-bond acceptors (Lipinski definition) is 6. The molecule has 0 saturated heterocycles. The number of aryl methyl sites for hydroxylation is 1. The highest BCUT2D eigenvalue weighted by Crippen LogP contribution is 2.28. The molecule has 0 radical (unpaired) electrons. The number of carbonyl (C=O) groups is 2. The average molecular weight is 492 g/mol. The van der Waals surface area contributed by atoms with E-state index in [9.17, 15) is 14.9 Å². The molecule has 2 aromatic carbocycles. The molecule has 8 heteroatoms. The first-order valence-electron chi connectivity index (χ1n) is 12.4. The lowest BCUT2D eigenvalue weighted by atomic mass is 10.1. The van der Waals surface area contributed by atoms with Crippen molar-refractivity contribution in [2.24, 2.45) is 0 Å². The van der Waals surface area contributed by atoms with Crippen molar-refractivity contribution in [3.8, 4) is 11.8 Å². The third kappa shape index (κ3) is 6.84. The molecule has 2 amide bonds. The van der Waals surface area contributed by atoms with Crippen LogP contribution in [0, 0.1) is 18.3 Å². The van der Waals surface area contributed by atoms with Crippen LogP contribution in [0.2, 0.25) is 0 Å². The molecule has 8 nitrogen and oxygen atoms in total. The number of nitrogens with zero attached hydrogens (tertiary/aromatic N) is 3. The van der Waals surface area contributed by atoms with Crippen molar-refractivity contribution in [2.45, 2.75) is 45.7 Å². The zero-order valence-corrected chi connectivity index (χ0v) is 21.9. The summed E-state index contributed by atoms with van der Waals surface area (Å²) in [5.41, 5.74) is 4.59. The predicted octanol–water partition coefficient (Wildman–Crippen LogP) is 2.42. The van der Waals surface area contributed by atoms with E-state index >= 15 is 0 Å². The SMILES string of the molecule is COc1ccc2c(c1)CC(N(C)C(=O)CNCC(=O)N(CCNC(C)C)c1cc(C#N)ccc1C)C2. The van der Waals surface area contributed by atoms with E-state index in [4.69, 9.17) is 4.74 Å². The Morgan fingerprint density at radius 3 is 2.53 bits per heavy atom. The number of benzene rings is 2. The van der Waals surface area contributed by atoms with Gasteiger partial charge in [0.05, 0.1) is 31.8 Å². The Bertz CT molecular complexity index is 1120. The highest BCUT2D eigenvalue weighted by Gasteiger charge is 2.28. The van der Waals surface area contributed by atoms with E-state index in [2.05, 4.69) is 36.6 Å². The molecule has 1 atom stereocenters. The second kappa shape index (κ2) is 12.5. The first-order valence-corrected chi connectivity index (χ1v) is 12.4. The van der Waals surface area contributed by atoms with Crippen LogP contribution in [0.1, 0.15) is 36.1 Å². The molecule has 0 heterocycles. The number of rotatable bonds is 11. The average Bonchev–Trinajstić information content (AvgIpc) is 3.29. The standard InChI is InChI=1S/C28H37N5O3/c1-19(2)31-10-11-33(26-12-21(16-29)7-6-20(26)3)28(35)18-30-17-27(34)32(4)24-13-22-8-9-25(36-5)15-23(22)14-24/h6-9,12,15,19,24,30-31H,10-11,13-14,17-18H2,1-5H3. The first-order chi connectivity index (χ1) is 17.2. The summed E-state index contributed by atoms with van der Waals surface area (Å²) in [6.07, 6.45) is 1.60. The van der Waals surface area contributed by atoms with Crippen LogP contribution in [0.5, 0.6) is 5.75 Å². The maximum atomic E-state index is 13.2. The number of nitrogens with one attached hydrogen (secondary N) is 2. The number of carbonyl (C=O) groups excluding carboxylic acids is 2. The highest BCUT2D eigenvalue weighted by atomic mass is 16.5. The van der Waals surface area contributed by atoms with Gasteiger partial charge in [0.1, 0.15) is 5.75 Å². The normalized spacial score (nSPS) is 14.3. The molecule has 192 valence electrons. The number of amides is 2. The quantitative estimate of drug-likeness (QED) is 0.501. The van der Waals surface area contributed by atoms with Gasteiger partial charge in [-0.1, -0.05) is 26.0 Å². The molecule has 1 aliphatic carbocycles. The molecule has 0 spiro atoms. The van der Waals surface area contributed by atoms with E-state index in [1.807, 2.05) is 32.2 Å². The molecule has 0 bridgehead atoms. The van der Waals surface area contributed by atoms with Crippen LogP contribution in [0.4, 0.5) is 5.69 Å². The first kappa shape index (κ1) is 27.2. The van der Waals surface area contributed by atoms with Crippen LogP contribution in [-0.4, -0.2) is 69.1 Å². The minimum atomic E-state index is -0.144. The van der Waals surface area contributed by atoms with Gasteiger partial charge in [0.25, 0.3) is 0 Å². The highest BCUT2D eigenvalue weighted by molar-refractivity contribution is 5.96. The maximum Gasteiger partial charge on any atom is 0.241 e. The lowest BCUT2D eigenvalue weighted by molar-refractivity contribution is -0.130. The van der Waals surface area contributed by atoms with E-state index in [0.29, 0.717) is 30.4 Å². The Morgan fingerprint density at radius 1 is 1.11 bits per heavy atom. The van der Waals surface area contributed by atoms with Gasteiger partial charge in [-0.2, -0.15) is 5.26 Å². The van der Waals surface area contributed by atoms with Crippen molar-refractivity contribution in [3.05, 3.63) is 58.7 Å². The maximum absolute atomic E-state index is 13.2. The summed E-state index contributed by atoms with van der Waals surface area (Å²) < 4.78 is 5.32. The number of nitriles is 1. The van der Waals surface area contributed by atoms with Crippen LogP contribution < -0.4 is 20.3 Å². The van der Waals surface area contributed by atoms with Crippen molar-refractivity contribution in [3.63, 3.8) is 0 Å². The van der Waals surface area contributed by atoms with Gasteiger partial charge in [0.15, 0.2) is 0 Å². The van der Waals surface area contributed by atoms with Gasteiger partial charge in [0, 0.05) is 37.9 Å². The molecule has 36 heavy (non-hydrogen) atoms. The second-order valence-electron chi connectivity index (χ2n) is 9.57. The molecule has 0 aliphatic heterocycles. The van der Waals surface area contributed by atoms with Gasteiger partial charge in [-0.05, 0) is 60.7 Å². The van der Waals surface area contributed by atoms with Gasteiger partial charge in [0.2, 0.25) is 11.8 Å². The van der Waals surface area contributed by atoms with E-state index in [-0.39, 0.29) is 30.9 Å². The smallest absolute Gasteiger partial charge is 0.241 e. The van der Waals surface area contributed by atoms with Gasteiger partial charge in [-0.25, -0.2) is 0 Å². The molecule has 2 aromatic rings. The summed E-state index contributed by atoms with van der Waals surface area (Å²) in [7, 11) is 3.47. The fourth-order valence-corrected chi connectivity index (χ4v) is 4.49. The molecule has 1 aliphatic rings. The number of ether oxygens (including phenoxy) is 1. The fraction of sp³-hybridized carbons (Fsp3) is 0.464. The number of methoxy groups -OCH3 is 1. The summed E-state index contributed by atoms with van der Waals surface area (Å²) in [6, 6.07) is 13.9. The van der Waals surface area contributed by atoms with Gasteiger partial charge >= 0.3 is 0 Å². The zero-order chi connectivity index (χ0) is 26.2. The number of fused-ring (bicyclic) bond motifs is 1. The number of anilines is 1. The predicted molar refractivity (Wildman–Crippen MR) is 141 cm³/mol. The molecule has 0 saturated carbocycles. The molecule has 0 aromatic heterocycles. The largest absolute Gasteiger partial charge is 0.497 e. The number of hydrogen-bond donors (Lipinski definition) is 2.